The number of carbonyl (C=O) groups is 1. The van der Waals surface area contributed by atoms with Crippen LogP contribution in [0.1, 0.15) is 20.8 Å². The molecule has 0 spiro atoms. The maximum atomic E-state index is 11.8. The quantitative estimate of drug-likeness (QED) is 0.905. The molecule has 0 aliphatic carbocycles. The summed E-state index contributed by atoms with van der Waals surface area (Å²) in [6.45, 7) is 6.21. The van der Waals surface area contributed by atoms with Gasteiger partial charge in [0.1, 0.15) is 5.75 Å². The first-order chi connectivity index (χ1) is 9.58. The van der Waals surface area contributed by atoms with Crippen molar-refractivity contribution >= 4 is 16.7 Å². The van der Waals surface area contributed by atoms with Gasteiger partial charge in [0.05, 0.1) is 0 Å². The highest BCUT2D eigenvalue weighted by Crippen LogP contribution is 2.24. The Kier molecular flexibility index (Phi) is 4.61. The molecule has 3 nitrogen and oxygen atoms in total. The van der Waals surface area contributed by atoms with Crippen molar-refractivity contribution in [2.24, 2.45) is 5.92 Å². The number of hydrogen-bond acceptors (Lipinski definition) is 2. The van der Waals surface area contributed by atoms with Gasteiger partial charge in [0.15, 0.2) is 6.61 Å². The van der Waals surface area contributed by atoms with Crippen molar-refractivity contribution < 1.29 is 9.53 Å². The zero-order chi connectivity index (χ0) is 14.5. The SMILES string of the molecule is CC(C)[C@@H](C)NC(=O)COc1cccc2ccccc12. The number of carbonyl (C=O) groups excluding carboxylic acids is 1. The largest absolute Gasteiger partial charge is 0.483 e. The lowest BCUT2D eigenvalue weighted by atomic mass is 10.1. The molecule has 0 aliphatic heterocycles. The lowest BCUT2D eigenvalue weighted by Crippen LogP contribution is -2.38. The van der Waals surface area contributed by atoms with Crippen LogP contribution in [0.15, 0.2) is 42.5 Å². The average Bonchev–Trinajstić information content (AvgIpc) is 2.44. The van der Waals surface area contributed by atoms with Gasteiger partial charge in [-0.25, -0.2) is 0 Å². The lowest BCUT2D eigenvalue weighted by molar-refractivity contribution is -0.123. The van der Waals surface area contributed by atoms with E-state index in [4.69, 9.17) is 4.74 Å². The summed E-state index contributed by atoms with van der Waals surface area (Å²) < 4.78 is 5.65. The molecule has 2 aromatic carbocycles. The highest BCUT2D eigenvalue weighted by atomic mass is 16.5. The highest BCUT2D eigenvalue weighted by Gasteiger charge is 2.11. The standard InChI is InChI=1S/C17H21NO2/c1-12(2)13(3)18-17(19)11-20-16-10-6-8-14-7-4-5-9-15(14)16/h4-10,12-13H,11H2,1-3H3,(H,18,19)/t13-/m1/s1. The maximum Gasteiger partial charge on any atom is 0.258 e. The van der Waals surface area contributed by atoms with Crippen molar-refractivity contribution in [2.45, 2.75) is 26.8 Å². The van der Waals surface area contributed by atoms with Crippen molar-refractivity contribution in [3.05, 3.63) is 42.5 Å². The van der Waals surface area contributed by atoms with Crippen molar-refractivity contribution in [1.29, 1.82) is 0 Å². The smallest absolute Gasteiger partial charge is 0.258 e. The van der Waals surface area contributed by atoms with E-state index in [-0.39, 0.29) is 18.6 Å². The van der Waals surface area contributed by atoms with Crippen LogP contribution in [-0.4, -0.2) is 18.6 Å². The van der Waals surface area contributed by atoms with Crippen LogP contribution in [0.2, 0.25) is 0 Å². The van der Waals surface area contributed by atoms with E-state index in [1.165, 1.54) is 0 Å². The molecule has 0 aliphatic rings. The number of fused-ring (bicyclic) bond motifs is 1. The van der Waals surface area contributed by atoms with E-state index in [1.807, 2.05) is 49.4 Å². The Labute approximate surface area is 119 Å². The summed E-state index contributed by atoms with van der Waals surface area (Å²) in [4.78, 5) is 11.8. The van der Waals surface area contributed by atoms with Gasteiger partial charge < -0.3 is 10.1 Å². The highest BCUT2D eigenvalue weighted by molar-refractivity contribution is 5.88. The second-order valence-corrected chi connectivity index (χ2v) is 5.37. The van der Waals surface area contributed by atoms with Crippen LogP contribution < -0.4 is 10.1 Å². The Balaban J connectivity index is 2.01. The van der Waals surface area contributed by atoms with Gasteiger partial charge in [-0.05, 0) is 24.3 Å². The molecule has 20 heavy (non-hydrogen) atoms. The van der Waals surface area contributed by atoms with Crippen molar-refractivity contribution in [1.82, 2.24) is 5.32 Å². The molecule has 0 heterocycles. The summed E-state index contributed by atoms with van der Waals surface area (Å²) in [5.74, 6) is 1.08. The fourth-order valence-corrected chi connectivity index (χ4v) is 1.93. The van der Waals surface area contributed by atoms with Gasteiger partial charge in [0.2, 0.25) is 0 Å². The molecule has 106 valence electrons. The van der Waals surface area contributed by atoms with E-state index in [9.17, 15) is 4.79 Å². The maximum absolute atomic E-state index is 11.8. The zero-order valence-corrected chi connectivity index (χ0v) is 12.2. The summed E-state index contributed by atoms with van der Waals surface area (Å²) in [6.07, 6.45) is 0. The first kappa shape index (κ1) is 14.4. The molecular weight excluding hydrogens is 250 g/mol. The predicted octanol–water partition coefficient (Wildman–Crippen LogP) is 3.38. The van der Waals surface area contributed by atoms with Crippen LogP contribution in [0, 0.1) is 5.92 Å². The van der Waals surface area contributed by atoms with Crippen LogP contribution in [0.3, 0.4) is 0 Å². The van der Waals surface area contributed by atoms with Gasteiger partial charge >= 0.3 is 0 Å². The zero-order valence-electron chi connectivity index (χ0n) is 12.2. The predicted molar refractivity (Wildman–Crippen MR) is 81.9 cm³/mol. The Bertz CT molecular complexity index is 587. The summed E-state index contributed by atoms with van der Waals surface area (Å²) in [5, 5.41) is 5.07. The van der Waals surface area contributed by atoms with Crippen LogP contribution in [0.25, 0.3) is 10.8 Å². The van der Waals surface area contributed by atoms with E-state index < -0.39 is 0 Å². The molecule has 3 heteroatoms. The molecule has 0 fully saturated rings. The number of amides is 1. The molecule has 1 atom stereocenters. The van der Waals surface area contributed by atoms with Gasteiger partial charge in [-0.15, -0.1) is 0 Å². The second-order valence-electron chi connectivity index (χ2n) is 5.37. The van der Waals surface area contributed by atoms with Gasteiger partial charge in [0.25, 0.3) is 5.91 Å². The molecule has 2 aromatic rings. The van der Waals surface area contributed by atoms with E-state index in [2.05, 4.69) is 19.2 Å². The molecule has 0 saturated heterocycles. The number of rotatable bonds is 5. The Morgan fingerprint density at radius 2 is 1.80 bits per heavy atom. The summed E-state index contributed by atoms with van der Waals surface area (Å²) in [7, 11) is 0. The van der Waals surface area contributed by atoms with Crippen molar-refractivity contribution in [3.63, 3.8) is 0 Å². The summed E-state index contributed by atoms with van der Waals surface area (Å²) >= 11 is 0. The molecule has 1 N–H and O–H groups in total. The summed E-state index contributed by atoms with van der Waals surface area (Å²) in [6, 6.07) is 14.0. The first-order valence-corrected chi connectivity index (χ1v) is 6.98. The van der Waals surface area contributed by atoms with Gasteiger partial charge in [-0.2, -0.15) is 0 Å². The molecule has 0 unspecified atom stereocenters. The third-order valence-corrected chi connectivity index (χ3v) is 3.50. The Morgan fingerprint density at radius 3 is 2.55 bits per heavy atom. The van der Waals surface area contributed by atoms with Crippen molar-refractivity contribution in [2.75, 3.05) is 6.61 Å². The molecule has 2 rings (SSSR count). The summed E-state index contributed by atoms with van der Waals surface area (Å²) in [5.41, 5.74) is 0. The number of benzene rings is 2. The monoisotopic (exact) mass is 271 g/mol. The van der Waals surface area contributed by atoms with Crippen LogP contribution in [0.5, 0.6) is 5.75 Å². The van der Waals surface area contributed by atoms with Crippen LogP contribution in [0.4, 0.5) is 0 Å². The third-order valence-electron chi connectivity index (χ3n) is 3.50. The van der Waals surface area contributed by atoms with Crippen LogP contribution in [-0.2, 0) is 4.79 Å². The minimum absolute atomic E-state index is 0.0467. The van der Waals surface area contributed by atoms with E-state index in [0.29, 0.717) is 5.92 Å². The van der Waals surface area contributed by atoms with Gasteiger partial charge in [0, 0.05) is 11.4 Å². The molecule has 0 aromatic heterocycles. The number of nitrogens with one attached hydrogen (secondary N) is 1. The normalized spacial score (nSPS) is 12.4. The van der Waals surface area contributed by atoms with E-state index >= 15 is 0 Å². The van der Waals surface area contributed by atoms with E-state index in [0.717, 1.165) is 16.5 Å². The van der Waals surface area contributed by atoms with Gasteiger partial charge in [-0.3, -0.25) is 4.79 Å². The average molecular weight is 271 g/mol. The minimum Gasteiger partial charge on any atom is -0.483 e. The molecule has 0 saturated carbocycles. The van der Waals surface area contributed by atoms with Crippen LogP contribution >= 0.6 is 0 Å². The minimum atomic E-state index is -0.0841. The fraction of sp³-hybridized carbons (Fsp3) is 0.353. The first-order valence-electron chi connectivity index (χ1n) is 6.98. The second kappa shape index (κ2) is 6.42. The van der Waals surface area contributed by atoms with E-state index in [1.54, 1.807) is 0 Å². The molecule has 1 amide bonds. The fourth-order valence-electron chi connectivity index (χ4n) is 1.93. The topological polar surface area (TPSA) is 38.3 Å². The molecular formula is C17H21NO2. The Hall–Kier alpha value is -2.03. The molecule has 0 radical (unpaired) electrons. The molecule has 0 bridgehead atoms. The third kappa shape index (κ3) is 3.50. The Morgan fingerprint density at radius 1 is 1.10 bits per heavy atom. The lowest BCUT2D eigenvalue weighted by Gasteiger charge is -2.17. The number of ether oxygens (including phenoxy) is 1. The van der Waals surface area contributed by atoms with Gasteiger partial charge in [-0.1, -0.05) is 50.2 Å². The van der Waals surface area contributed by atoms with Crippen molar-refractivity contribution in [3.8, 4) is 5.75 Å². The number of hydrogen-bond donors (Lipinski definition) is 1.